The molecule has 0 saturated carbocycles. The lowest BCUT2D eigenvalue weighted by Gasteiger charge is -2.17. The summed E-state index contributed by atoms with van der Waals surface area (Å²) in [4.78, 5) is 4.64. The molecule has 150 valence electrons. The third-order valence-electron chi connectivity index (χ3n) is 4.62. The minimum atomic E-state index is 0.0663. The van der Waals surface area contributed by atoms with Crippen LogP contribution >= 0.6 is 0 Å². The monoisotopic (exact) mass is 383 g/mol. The Kier molecular flexibility index (Phi) is 7.50. The molecular weight excluding hydrogens is 354 g/mol. The van der Waals surface area contributed by atoms with Crippen LogP contribution in [0.2, 0.25) is 0 Å². The number of methoxy groups -OCH3 is 4. The standard InChI is InChI=1S/C21H23NO4.C2H6/c1-13(14-6-7-17(23-2)18(10-14)24-3)21-16-12-20(26-5)19(25-4)11-15(16)8-9-22-21;1-2/h6-13H,1-5H3;1-2H3. The van der Waals surface area contributed by atoms with E-state index in [1.807, 2.05) is 56.4 Å². The number of benzene rings is 2. The summed E-state index contributed by atoms with van der Waals surface area (Å²) in [5, 5.41) is 2.09. The molecular formula is C23H29NO4. The molecule has 5 heteroatoms. The molecule has 28 heavy (non-hydrogen) atoms. The Morgan fingerprint density at radius 1 is 0.714 bits per heavy atom. The molecule has 0 aliphatic heterocycles. The first-order valence-electron chi connectivity index (χ1n) is 9.35. The third-order valence-corrected chi connectivity index (χ3v) is 4.62. The number of rotatable bonds is 6. The van der Waals surface area contributed by atoms with Gasteiger partial charge in [-0.05, 0) is 41.3 Å². The average Bonchev–Trinajstić information content (AvgIpc) is 2.77. The van der Waals surface area contributed by atoms with E-state index < -0.39 is 0 Å². The molecule has 0 spiro atoms. The fraction of sp³-hybridized carbons (Fsp3) is 0.348. The van der Waals surface area contributed by atoms with Crippen molar-refractivity contribution in [2.75, 3.05) is 28.4 Å². The fourth-order valence-electron chi connectivity index (χ4n) is 3.15. The zero-order valence-electron chi connectivity index (χ0n) is 17.7. The Morgan fingerprint density at radius 2 is 1.29 bits per heavy atom. The molecule has 1 aromatic heterocycles. The largest absolute Gasteiger partial charge is 0.493 e. The van der Waals surface area contributed by atoms with Crippen molar-refractivity contribution in [3.8, 4) is 23.0 Å². The molecule has 0 bridgehead atoms. The Bertz CT molecular complexity index is 924. The zero-order chi connectivity index (χ0) is 20.7. The van der Waals surface area contributed by atoms with E-state index in [0.29, 0.717) is 23.0 Å². The molecule has 0 saturated heterocycles. The predicted molar refractivity (Wildman–Crippen MR) is 113 cm³/mol. The summed E-state index contributed by atoms with van der Waals surface area (Å²) in [7, 11) is 6.54. The van der Waals surface area contributed by atoms with Gasteiger partial charge in [0.05, 0.1) is 34.1 Å². The topological polar surface area (TPSA) is 49.8 Å². The highest BCUT2D eigenvalue weighted by Crippen LogP contribution is 2.38. The lowest BCUT2D eigenvalue weighted by molar-refractivity contribution is 0.354. The Hall–Kier alpha value is -2.95. The van der Waals surface area contributed by atoms with Gasteiger partial charge in [0.2, 0.25) is 0 Å². The van der Waals surface area contributed by atoms with Crippen molar-refractivity contribution in [2.45, 2.75) is 26.7 Å². The molecule has 2 aromatic carbocycles. The summed E-state index contributed by atoms with van der Waals surface area (Å²) < 4.78 is 21.6. The number of pyridine rings is 1. The zero-order valence-corrected chi connectivity index (χ0v) is 17.7. The average molecular weight is 383 g/mol. The highest BCUT2D eigenvalue weighted by molar-refractivity contribution is 5.88. The van der Waals surface area contributed by atoms with E-state index in [-0.39, 0.29) is 5.92 Å². The summed E-state index contributed by atoms with van der Waals surface area (Å²) in [5.74, 6) is 2.87. The lowest BCUT2D eigenvalue weighted by atomic mass is 9.93. The molecule has 0 aliphatic rings. The van der Waals surface area contributed by atoms with E-state index in [1.165, 1.54) is 0 Å². The molecule has 0 N–H and O–H groups in total. The second-order valence-electron chi connectivity index (χ2n) is 5.96. The first kappa shape index (κ1) is 21.4. The lowest BCUT2D eigenvalue weighted by Crippen LogP contribution is -2.02. The summed E-state index contributed by atoms with van der Waals surface area (Å²) in [6, 6.07) is 11.9. The van der Waals surface area contributed by atoms with Crippen molar-refractivity contribution in [3.63, 3.8) is 0 Å². The molecule has 0 amide bonds. The molecule has 0 fully saturated rings. The number of ether oxygens (including phenoxy) is 4. The van der Waals surface area contributed by atoms with Gasteiger partial charge in [0, 0.05) is 17.5 Å². The van der Waals surface area contributed by atoms with Crippen LogP contribution in [-0.4, -0.2) is 33.4 Å². The summed E-state index contributed by atoms with van der Waals surface area (Å²) >= 11 is 0. The second kappa shape index (κ2) is 9.83. The minimum absolute atomic E-state index is 0.0663. The van der Waals surface area contributed by atoms with Crippen LogP contribution in [0.3, 0.4) is 0 Å². The highest BCUT2D eigenvalue weighted by Gasteiger charge is 2.17. The van der Waals surface area contributed by atoms with E-state index >= 15 is 0 Å². The van der Waals surface area contributed by atoms with Crippen molar-refractivity contribution in [1.29, 1.82) is 0 Å². The molecule has 0 radical (unpaired) electrons. The predicted octanol–water partition coefficient (Wildman–Crippen LogP) is 5.45. The van der Waals surface area contributed by atoms with Gasteiger partial charge < -0.3 is 18.9 Å². The number of hydrogen-bond donors (Lipinski definition) is 0. The van der Waals surface area contributed by atoms with Gasteiger partial charge in [0.1, 0.15) is 0 Å². The Morgan fingerprint density at radius 3 is 1.89 bits per heavy atom. The van der Waals surface area contributed by atoms with Crippen molar-refractivity contribution in [2.24, 2.45) is 0 Å². The third kappa shape index (κ3) is 4.14. The van der Waals surface area contributed by atoms with Crippen molar-refractivity contribution >= 4 is 10.8 Å². The van der Waals surface area contributed by atoms with Gasteiger partial charge in [-0.2, -0.15) is 0 Å². The smallest absolute Gasteiger partial charge is 0.161 e. The van der Waals surface area contributed by atoms with E-state index in [0.717, 1.165) is 22.0 Å². The maximum Gasteiger partial charge on any atom is 0.161 e. The van der Waals surface area contributed by atoms with Crippen LogP contribution in [0.15, 0.2) is 42.6 Å². The van der Waals surface area contributed by atoms with Crippen LogP contribution in [0.1, 0.15) is 37.9 Å². The summed E-state index contributed by atoms with van der Waals surface area (Å²) in [6.07, 6.45) is 1.82. The Balaban J connectivity index is 0.00000136. The van der Waals surface area contributed by atoms with Crippen molar-refractivity contribution < 1.29 is 18.9 Å². The first-order valence-corrected chi connectivity index (χ1v) is 9.35. The van der Waals surface area contributed by atoms with Crippen LogP contribution in [0.4, 0.5) is 0 Å². The molecule has 1 unspecified atom stereocenters. The number of aromatic nitrogens is 1. The van der Waals surface area contributed by atoms with Crippen molar-refractivity contribution in [3.05, 3.63) is 53.9 Å². The maximum atomic E-state index is 5.46. The van der Waals surface area contributed by atoms with Gasteiger partial charge in [-0.1, -0.05) is 26.8 Å². The van der Waals surface area contributed by atoms with Gasteiger partial charge in [-0.3, -0.25) is 4.98 Å². The maximum absolute atomic E-state index is 5.46. The fourth-order valence-corrected chi connectivity index (χ4v) is 3.15. The van der Waals surface area contributed by atoms with Gasteiger partial charge in [-0.25, -0.2) is 0 Å². The number of fused-ring (bicyclic) bond motifs is 1. The van der Waals surface area contributed by atoms with Crippen LogP contribution in [0, 0.1) is 0 Å². The molecule has 3 rings (SSSR count). The van der Waals surface area contributed by atoms with Gasteiger partial charge in [-0.15, -0.1) is 0 Å². The molecule has 0 aliphatic carbocycles. The molecule has 3 aromatic rings. The summed E-state index contributed by atoms with van der Waals surface area (Å²) in [6.45, 7) is 6.12. The SMILES string of the molecule is CC.COc1ccc(C(C)c2nccc3cc(OC)c(OC)cc23)cc1OC. The van der Waals surface area contributed by atoms with Crippen LogP contribution in [0.5, 0.6) is 23.0 Å². The van der Waals surface area contributed by atoms with Gasteiger partial charge in [0.25, 0.3) is 0 Å². The quantitative estimate of drug-likeness (QED) is 0.567. The van der Waals surface area contributed by atoms with Crippen molar-refractivity contribution in [1.82, 2.24) is 4.98 Å². The van der Waals surface area contributed by atoms with Gasteiger partial charge >= 0.3 is 0 Å². The summed E-state index contributed by atoms with van der Waals surface area (Å²) in [5.41, 5.74) is 2.06. The molecule has 1 heterocycles. The van der Waals surface area contributed by atoms with Crippen LogP contribution in [-0.2, 0) is 0 Å². The number of hydrogen-bond acceptors (Lipinski definition) is 5. The first-order chi connectivity index (χ1) is 13.6. The van der Waals surface area contributed by atoms with E-state index in [4.69, 9.17) is 18.9 Å². The normalized spacial score (nSPS) is 11.2. The van der Waals surface area contributed by atoms with Crippen LogP contribution < -0.4 is 18.9 Å². The minimum Gasteiger partial charge on any atom is -0.493 e. The highest BCUT2D eigenvalue weighted by atomic mass is 16.5. The molecule has 1 atom stereocenters. The van der Waals surface area contributed by atoms with E-state index in [1.54, 1.807) is 28.4 Å². The van der Waals surface area contributed by atoms with E-state index in [2.05, 4.69) is 11.9 Å². The van der Waals surface area contributed by atoms with E-state index in [9.17, 15) is 0 Å². The Labute approximate surface area is 167 Å². The number of nitrogens with zero attached hydrogens (tertiary/aromatic N) is 1. The van der Waals surface area contributed by atoms with Gasteiger partial charge in [0.15, 0.2) is 23.0 Å². The molecule has 5 nitrogen and oxygen atoms in total. The van der Waals surface area contributed by atoms with Crippen LogP contribution in [0.25, 0.3) is 10.8 Å². The second-order valence-corrected chi connectivity index (χ2v) is 5.96.